The zero-order chi connectivity index (χ0) is 13.0. The number of hydrogen-bond donors (Lipinski definition) is 2. The van der Waals surface area contributed by atoms with Crippen LogP contribution in [0.3, 0.4) is 0 Å². The fraction of sp³-hybridized carbons (Fsp3) is 0.867. The van der Waals surface area contributed by atoms with Crippen LogP contribution in [-0.4, -0.2) is 23.9 Å². The van der Waals surface area contributed by atoms with Crippen LogP contribution in [0.2, 0.25) is 0 Å². The van der Waals surface area contributed by atoms with E-state index < -0.39 is 0 Å². The molecule has 4 aliphatic rings. The van der Waals surface area contributed by atoms with Gasteiger partial charge in [0.2, 0.25) is 11.8 Å². The maximum Gasteiger partial charge on any atom is 0.243 e. The molecule has 2 bridgehead atoms. The van der Waals surface area contributed by atoms with E-state index in [1.54, 1.807) is 0 Å². The molecule has 4 rings (SSSR count). The van der Waals surface area contributed by atoms with E-state index in [1.807, 2.05) is 0 Å². The van der Waals surface area contributed by atoms with Crippen molar-refractivity contribution >= 4 is 11.8 Å². The molecule has 4 nitrogen and oxygen atoms in total. The number of carbonyl (C=O) groups is 2. The lowest BCUT2D eigenvalue weighted by molar-refractivity contribution is -0.135. The molecule has 4 fully saturated rings. The number of nitrogens with one attached hydrogen (secondary N) is 2. The predicted molar refractivity (Wildman–Crippen MR) is 70.1 cm³/mol. The van der Waals surface area contributed by atoms with Crippen molar-refractivity contribution in [3.63, 3.8) is 0 Å². The monoisotopic (exact) mass is 262 g/mol. The molecular weight excluding hydrogens is 240 g/mol. The average molecular weight is 262 g/mol. The van der Waals surface area contributed by atoms with Crippen LogP contribution in [0.15, 0.2) is 0 Å². The highest BCUT2D eigenvalue weighted by atomic mass is 16.2. The Balaban J connectivity index is 1.42. The first kappa shape index (κ1) is 11.9. The van der Waals surface area contributed by atoms with Gasteiger partial charge in [-0.25, -0.2) is 0 Å². The molecule has 2 N–H and O–H groups in total. The summed E-state index contributed by atoms with van der Waals surface area (Å²) in [7, 11) is 0. The summed E-state index contributed by atoms with van der Waals surface area (Å²) >= 11 is 0. The number of amides is 2. The average Bonchev–Trinajstić information content (AvgIpc) is 3.04. The van der Waals surface area contributed by atoms with Crippen molar-refractivity contribution < 1.29 is 9.59 Å². The third kappa shape index (κ3) is 1.83. The fourth-order valence-electron chi connectivity index (χ4n) is 5.37. The van der Waals surface area contributed by atoms with Gasteiger partial charge < -0.3 is 5.32 Å². The first-order chi connectivity index (χ1) is 9.22. The second-order valence-corrected chi connectivity index (χ2v) is 6.93. The van der Waals surface area contributed by atoms with Crippen LogP contribution in [0.1, 0.15) is 44.9 Å². The van der Waals surface area contributed by atoms with Crippen molar-refractivity contribution in [1.82, 2.24) is 10.6 Å². The highest BCUT2D eigenvalue weighted by Crippen LogP contribution is 2.58. The minimum absolute atomic E-state index is 0.109. The molecule has 0 aromatic heterocycles. The molecule has 1 saturated heterocycles. The van der Waals surface area contributed by atoms with Crippen LogP contribution >= 0.6 is 0 Å². The Morgan fingerprint density at radius 1 is 1.00 bits per heavy atom. The largest absolute Gasteiger partial charge is 0.303 e. The van der Waals surface area contributed by atoms with Crippen molar-refractivity contribution in [2.45, 2.75) is 57.0 Å². The van der Waals surface area contributed by atoms with Crippen LogP contribution in [-0.2, 0) is 9.59 Å². The Morgan fingerprint density at radius 2 is 1.84 bits per heavy atom. The Labute approximate surface area is 113 Å². The molecule has 2 amide bonds. The second-order valence-electron chi connectivity index (χ2n) is 6.93. The van der Waals surface area contributed by atoms with Gasteiger partial charge in [-0.3, -0.25) is 14.9 Å². The molecule has 0 spiro atoms. The Kier molecular flexibility index (Phi) is 2.69. The van der Waals surface area contributed by atoms with Crippen LogP contribution in [0.5, 0.6) is 0 Å². The first-order valence-electron chi connectivity index (χ1n) is 7.82. The Bertz CT molecular complexity index is 422. The molecule has 6 atom stereocenters. The van der Waals surface area contributed by atoms with Gasteiger partial charge in [-0.15, -0.1) is 0 Å². The van der Waals surface area contributed by atoms with Crippen molar-refractivity contribution in [2.24, 2.45) is 23.7 Å². The van der Waals surface area contributed by atoms with E-state index in [0.29, 0.717) is 18.9 Å². The van der Waals surface area contributed by atoms with Crippen molar-refractivity contribution in [1.29, 1.82) is 0 Å². The van der Waals surface area contributed by atoms with Crippen LogP contribution < -0.4 is 10.6 Å². The first-order valence-corrected chi connectivity index (χ1v) is 7.82. The van der Waals surface area contributed by atoms with Crippen molar-refractivity contribution in [3.05, 3.63) is 0 Å². The predicted octanol–water partition coefficient (Wildman–Crippen LogP) is 1.21. The molecule has 1 aliphatic heterocycles. The summed E-state index contributed by atoms with van der Waals surface area (Å²) in [5.74, 6) is 3.38. The molecule has 4 heteroatoms. The van der Waals surface area contributed by atoms with E-state index in [2.05, 4.69) is 10.6 Å². The summed E-state index contributed by atoms with van der Waals surface area (Å²) in [6, 6.07) is 0.384. The molecule has 6 unspecified atom stereocenters. The van der Waals surface area contributed by atoms with Crippen LogP contribution in [0.25, 0.3) is 0 Å². The van der Waals surface area contributed by atoms with Crippen LogP contribution in [0.4, 0.5) is 0 Å². The topological polar surface area (TPSA) is 58.2 Å². The number of piperidine rings is 1. The lowest BCUT2D eigenvalue weighted by Crippen LogP contribution is -2.55. The van der Waals surface area contributed by atoms with Gasteiger partial charge >= 0.3 is 0 Å². The molecule has 0 aromatic rings. The molecule has 3 aliphatic carbocycles. The number of imide groups is 1. The molecular formula is C15H22N2O2. The summed E-state index contributed by atoms with van der Waals surface area (Å²) in [5, 5.41) is 6.02. The highest BCUT2D eigenvalue weighted by molar-refractivity contribution is 6.00. The van der Waals surface area contributed by atoms with E-state index in [1.165, 1.54) is 32.1 Å². The number of fused-ring (bicyclic) bond motifs is 5. The zero-order valence-electron chi connectivity index (χ0n) is 11.2. The van der Waals surface area contributed by atoms with E-state index in [4.69, 9.17) is 0 Å². The minimum atomic E-state index is -0.137. The van der Waals surface area contributed by atoms with E-state index >= 15 is 0 Å². The molecule has 104 valence electrons. The van der Waals surface area contributed by atoms with Gasteiger partial charge in [0.15, 0.2) is 0 Å². The maximum absolute atomic E-state index is 11.8. The summed E-state index contributed by atoms with van der Waals surface area (Å²) in [6.45, 7) is 0. The van der Waals surface area contributed by atoms with E-state index in [0.717, 1.165) is 23.7 Å². The number of hydrogen-bond acceptors (Lipinski definition) is 3. The van der Waals surface area contributed by atoms with Crippen molar-refractivity contribution in [2.75, 3.05) is 0 Å². The van der Waals surface area contributed by atoms with Gasteiger partial charge in [-0.05, 0) is 55.8 Å². The SMILES string of the molecule is O=C1CCC(NC2CC3CC2C2CCCC32)C(=O)N1. The molecule has 3 saturated carbocycles. The van der Waals surface area contributed by atoms with E-state index in [9.17, 15) is 9.59 Å². The summed E-state index contributed by atoms with van der Waals surface area (Å²) < 4.78 is 0. The molecule has 0 radical (unpaired) electrons. The molecule has 19 heavy (non-hydrogen) atoms. The normalized spacial score (nSPS) is 48.4. The lowest BCUT2D eigenvalue weighted by atomic mass is 9.79. The smallest absolute Gasteiger partial charge is 0.243 e. The Morgan fingerprint density at radius 3 is 2.68 bits per heavy atom. The quantitative estimate of drug-likeness (QED) is 0.735. The van der Waals surface area contributed by atoms with Gasteiger partial charge in [0.1, 0.15) is 0 Å². The lowest BCUT2D eigenvalue weighted by Gasteiger charge is -2.35. The summed E-state index contributed by atoms with van der Waals surface area (Å²) in [4.78, 5) is 23.0. The van der Waals surface area contributed by atoms with Crippen LogP contribution in [0, 0.1) is 23.7 Å². The second kappa shape index (κ2) is 4.30. The molecule has 1 heterocycles. The highest BCUT2D eigenvalue weighted by Gasteiger charge is 2.54. The Hall–Kier alpha value is -0.900. The standard InChI is InChI=1S/C15H22N2O2/c18-14-5-4-12(15(19)17-14)16-13-7-8-6-11(13)10-3-1-2-9(8)10/h8-13,16H,1-7H2,(H,17,18,19). The van der Waals surface area contributed by atoms with E-state index in [-0.39, 0.29) is 17.9 Å². The maximum atomic E-state index is 11.8. The minimum Gasteiger partial charge on any atom is -0.303 e. The number of carbonyl (C=O) groups excluding carboxylic acids is 2. The van der Waals surface area contributed by atoms with Gasteiger partial charge in [0, 0.05) is 12.5 Å². The van der Waals surface area contributed by atoms with Gasteiger partial charge in [-0.1, -0.05) is 6.42 Å². The van der Waals surface area contributed by atoms with Gasteiger partial charge in [0.05, 0.1) is 6.04 Å². The molecule has 0 aromatic carbocycles. The number of rotatable bonds is 2. The third-order valence-electron chi connectivity index (χ3n) is 6.08. The summed E-state index contributed by atoms with van der Waals surface area (Å²) in [5.41, 5.74) is 0. The zero-order valence-corrected chi connectivity index (χ0v) is 11.2. The fourth-order valence-corrected chi connectivity index (χ4v) is 5.37. The van der Waals surface area contributed by atoms with Crippen molar-refractivity contribution in [3.8, 4) is 0 Å². The summed E-state index contributed by atoms with van der Waals surface area (Å²) in [6.07, 6.45) is 8.04. The van der Waals surface area contributed by atoms with Gasteiger partial charge in [-0.2, -0.15) is 0 Å². The van der Waals surface area contributed by atoms with Gasteiger partial charge in [0.25, 0.3) is 0 Å². The third-order valence-corrected chi connectivity index (χ3v) is 6.08.